The second-order valence-corrected chi connectivity index (χ2v) is 10.2. The van der Waals surface area contributed by atoms with Crippen molar-refractivity contribution in [3.63, 3.8) is 0 Å². The minimum atomic E-state index is -0.686. The van der Waals surface area contributed by atoms with Crippen LogP contribution in [0.4, 0.5) is 23.1 Å². The highest BCUT2D eigenvalue weighted by Crippen LogP contribution is 2.28. The zero-order valence-corrected chi connectivity index (χ0v) is 22.4. The number of piperidine rings is 1. The molecule has 0 radical (unpaired) electrons. The molecule has 0 bridgehead atoms. The van der Waals surface area contributed by atoms with Crippen molar-refractivity contribution < 1.29 is 4.79 Å². The first-order valence-electron chi connectivity index (χ1n) is 13.2. The van der Waals surface area contributed by atoms with Crippen LogP contribution in [0.5, 0.6) is 0 Å². The lowest BCUT2D eigenvalue weighted by molar-refractivity contribution is 0.100. The Morgan fingerprint density at radius 1 is 1.13 bits per heavy atom. The number of benzene rings is 1. The summed E-state index contributed by atoms with van der Waals surface area (Å²) in [7, 11) is 4.21. The zero-order valence-electron chi connectivity index (χ0n) is 22.4. The Labute approximate surface area is 224 Å². The fraction of sp³-hybridized carbons (Fsp3) is 0.519. The van der Waals surface area contributed by atoms with Gasteiger partial charge in [0.1, 0.15) is 17.1 Å². The molecule has 3 heterocycles. The Morgan fingerprint density at radius 3 is 2.39 bits per heavy atom. The van der Waals surface area contributed by atoms with Gasteiger partial charge in [0, 0.05) is 76.4 Å². The first-order valence-corrected chi connectivity index (χ1v) is 13.2. The Bertz CT molecular complexity index is 1140. The standard InChI is InChI=1S/C27H38N10O/c1-34(2)13-14-35-15-17-36(18-16-35)22-5-3-21(4-6-22)31-26-24(25(30)38)23(19-29)32-27(33-26)37-11-8-20(7-10-28)9-12-37/h3-6,19-20,29H,7-9,11-18H2,1-2H3,(H2,30,38)(H,31,32,33). The molecule has 2 aliphatic heterocycles. The van der Waals surface area contributed by atoms with Gasteiger partial charge in [0.15, 0.2) is 0 Å². The predicted molar refractivity (Wildman–Crippen MR) is 151 cm³/mol. The van der Waals surface area contributed by atoms with E-state index < -0.39 is 5.91 Å². The van der Waals surface area contributed by atoms with Crippen LogP contribution >= 0.6 is 0 Å². The summed E-state index contributed by atoms with van der Waals surface area (Å²) < 4.78 is 0. The number of piperazine rings is 1. The van der Waals surface area contributed by atoms with Gasteiger partial charge < -0.3 is 31.2 Å². The van der Waals surface area contributed by atoms with Crippen LogP contribution in [0.25, 0.3) is 0 Å². The summed E-state index contributed by atoms with van der Waals surface area (Å²) in [4.78, 5) is 30.6. The Hall–Kier alpha value is -3.75. The molecular weight excluding hydrogens is 480 g/mol. The number of carbonyl (C=O) groups excluding carboxylic acids is 1. The lowest BCUT2D eigenvalue weighted by Crippen LogP contribution is -2.48. The number of carbonyl (C=O) groups is 1. The third-order valence-electron chi connectivity index (χ3n) is 7.32. The molecule has 0 atom stereocenters. The number of hydrogen-bond donors (Lipinski definition) is 3. The van der Waals surface area contributed by atoms with E-state index >= 15 is 0 Å². The van der Waals surface area contributed by atoms with Crippen LogP contribution in [0, 0.1) is 22.7 Å². The summed E-state index contributed by atoms with van der Waals surface area (Å²) in [6, 6.07) is 10.3. The van der Waals surface area contributed by atoms with Crippen molar-refractivity contribution in [1.29, 1.82) is 10.7 Å². The first kappa shape index (κ1) is 27.3. The number of amides is 1. The lowest BCUT2D eigenvalue weighted by Gasteiger charge is -2.36. The van der Waals surface area contributed by atoms with E-state index in [0.29, 0.717) is 24.1 Å². The van der Waals surface area contributed by atoms with Crippen molar-refractivity contribution in [2.75, 3.05) is 81.6 Å². The molecule has 4 rings (SSSR count). The zero-order chi connectivity index (χ0) is 27.1. The molecule has 2 aromatic rings. The van der Waals surface area contributed by atoms with Crippen LogP contribution in [0.2, 0.25) is 0 Å². The number of likely N-dealkylation sites (N-methyl/N-ethyl adjacent to an activating group) is 1. The number of nitrogens with zero attached hydrogens (tertiary/aromatic N) is 7. The molecule has 38 heavy (non-hydrogen) atoms. The highest BCUT2D eigenvalue weighted by atomic mass is 16.1. The number of nitriles is 1. The van der Waals surface area contributed by atoms with E-state index in [4.69, 9.17) is 16.4 Å². The minimum Gasteiger partial charge on any atom is -0.369 e. The van der Waals surface area contributed by atoms with Crippen LogP contribution in [0.15, 0.2) is 24.3 Å². The maximum atomic E-state index is 12.3. The van der Waals surface area contributed by atoms with Gasteiger partial charge in [0.05, 0.1) is 6.07 Å². The van der Waals surface area contributed by atoms with Gasteiger partial charge in [0.2, 0.25) is 5.95 Å². The lowest BCUT2D eigenvalue weighted by atomic mass is 9.94. The molecule has 0 spiro atoms. The van der Waals surface area contributed by atoms with Crippen LogP contribution in [0.1, 0.15) is 35.3 Å². The van der Waals surface area contributed by atoms with E-state index in [0.717, 1.165) is 82.8 Å². The number of nitrogens with one attached hydrogen (secondary N) is 2. The van der Waals surface area contributed by atoms with Crippen LogP contribution in [0.3, 0.4) is 0 Å². The van der Waals surface area contributed by atoms with Gasteiger partial charge >= 0.3 is 0 Å². The summed E-state index contributed by atoms with van der Waals surface area (Å²) in [6.07, 6.45) is 3.35. The van der Waals surface area contributed by atoms with Crippen molar-refractivity contribution in [3.8, 4) is 6.07 Å². The highest BCUT2D eigenvalue weighted by Gasteiger charge is 2.25. The summed E-state index contributed by atoms with van der Waals surface area (Å²) in [5.74, 6) is 0.437. The van der Waals surface area contributed by atoms with E-state index in [2.05, 4.69) is 62.3 Å². The van der Waals surface area contributed by atoms with Crippen LogP contribution in [-0.4, -0.2) is 98.3 Å². The van der Waals surface area contributed by atoms with Gasteiger partial charge in [-0.3, -0.25) is 9.69 Å². The predicted octanol–water partition coefficient (Wildman–Crippen LogP) is 2.13. The van der Waals surface area contributed by atoms with Crippen molar-refractivity contribution in [1.82, 2.24) is 19.8 Å². The quantitative estimate of drug-likeness (QED) is 0.403. The van der Waals surface area contributed by atoms with Gasteiger partial charge in [-0.1, -0.05) is 0 Å². The largest absolute Gasteiger partial charge is 0.369 e. The van der Waals surface area contributed by atoms with E-state index in [-0.39, 0.29) is 11.3 Å². The van der Waals surface area contributed by atoms with E-state index in [1.807, 2.05) is 17.0 Å². The monoisotopic (exact) mass is 518 g/mol. The Balaban J connectivity index is 1.47. The van der Waals surface area contributed by atoms with Gasteiger partial charge in [0.25, 0.3) is 5.91 Å². The SMILES string of the molecule is CN(C)CCN1CCN(c2ccc(Nc3nc(N4CCC(CC#N)CC4)nc(C=N)c3C(N)=O)cc2)CC1. The topological polar surface area (TPSA) is 142 Å². The number of nitrogens with two attached hydrogens (primary N) is 1. The molecule has 4 N–H and O–H groups in total. The van der Waals surface area contributed by atoms with Gasteiger partial charge in [-0.05, 0) is 57.1 Å². The second kappa shape index (κ2) is 12.7. The maximum absolute atomic E-state index is 12.3. The van der Waals surface area contributed by atoms with E-state index in [1.165, 1.54) is 0 Å². The molecule has 1 amide bonds. The third kappa shape index (κ3) is 6.76. The average molecular weight is 519 g/mol. The Kier molecular flexibility index (Phi) is 9.10. The number of rotatable bonds is 10. The van der Waals surface area contributed by atoms with Crippen LogP contribution in [-0.2, 0) is 0 Å². The molecule has 1 aromatic carbocycles. The van der Waals surface area contributed by atoms with Gasteiger partial charge in [-0.25, -0.2) is 4.98 Å². The molecule has 2 fully saturated rings. The number of hydrogen-bond acceptors (Lipinski definition) is 10. The minimum absolute atomic E-state index is 0.0982. The fourth-order valence-electron chi connectivity index (χ4n) is 4.97. The molecule has 11 heteroatoms. The normalized spacial score (nSPS) is 16.9. The molecule has 2 aliphatic rings. The summed E-state index contributed by atoms with van der Waals surface area (Å²) in [6.45, 7) is 7.63. The van der Waals surface area contributed by atoms with Crippen molar-refractivity contribution in [2.24, 2.45) is 11.7 Å². The molecular formula is C27H38N10O. The molecule has 202 valence electrons. The third-order valence-corrected chi connectivity index (χ3v) is 7.32. The number of primary amides is 1. The van der Waals surface area contributed by atoms with E-state index in [9.17, 15) is 4.79 Å². The Morgan fingerprint density at radius 2 is 1.82 bits per heavy atom. The summed E-state index contributed by atoms with van der Waals surface area (Å²) in [5, 5.41) is 20.1. The maximum Gasteiger partial charge on any atom is 0.254 e. The molecule has 0 aliphatic carbocycles. The molecule has 0 saturated carbocycles. The number of aromatic nitrogens is 2. The first-order chi connectivity index (χ1) is 18.4. The molecule has 1 aromatic heterocycles. The van der Waals surface area contributed by atoms with Gasteiger partial charge in [-0.15, -0.1) is 0 Å². The van der Waals surface area contributed by atoms with Crippen molar-refractivity contribution in [3.05, 3.63) is 35.5 Å². The molecule has 11 nitrogen and oxygen atoms in total. The molecule has 0 unspecified atom stereocenters. The molecule has 2 saturated heterocycles. The summed E-state index contributed by atoms with van der Waals surface area (Å²) in [5.41, 5.74) is 7.89. The van der Waals surface area contributed by atoms with E-state index in [1.54, 1.807) is 0 Å². The highest BCUT2D eigenvalue weighted by molar-refractivity contribution is 6.04. The summed E-state index contributed by atoms with van der Waals surface area (Å²) >= 11 is 0. The second-order valence-electron chi connectivity index (χ2n) is 10.2. The fourth-order valence-corrected chi connectivity index (χ4v) is 4.97. The smallest absolute Gasteiger partial charge is 0.254 e. The van der Waals surface area contributed by atoms with Gasteiger partial charge in [-0.2, -0.15) is 10.2 Å². The number of anilines is 4. The van der Waals surface area contributed by atoms with Crippen molar-refractivity contribution >= 4 is 35.3 Å². The van der Waals surface area contributed by atoms with Crippen molar-refractivity contribution in [2.45, 2.75) is 19.3 Å². The van der Waals surface area contributed by atoms with Crippen LogP contribution < -0.4 is 20.9 Å². The average Bonchev–Trinajstić information content (AvgIpc) is 2.92.